The third kappa shape index (κ3) is 4.15. The van der Waals surface area contributed by atoms with Crippen LogP contribution in [-0.4, -0.2) is 25.9 Å². The Kier molecular flexibility index (Phi) is 6.37. The third-order valence-corrected chi connectivity index (χ3v) is 5.74. The van der Waals surface area contributed by atoms with Gasteiger partial charge in [0.05, 0.1) is 19.6 Å². The van der Waals surface area contributed by atoms with Crippen LogP contribution >= 0.6 is 0 Å². The molecule has 0 radical (unpaired) electrons. The summed E-state index contributed by atoms with van der Waals surface area (Å²) in [5, 5.41) is 10.00. The number of benzene rings is 2. The average molecular weight is 428 g/mol. The van der Waals surface area contributed by atoms with Gasteiger partial charge in [-0.05, 0) is 36.1 Å². The number of hydrogen-bond acceptors (Lipinski definition) is 6. The number of hydrogen-bond donors (Lipinski definition) is 0. The van der Waals surface area contributed by atoms with Gasteiger partial charge in [-0.15, -0.1) is 0 Å². The zero-order valence-electron chi connectivity index (χ0n) is 18.1. The molecule has 0 N–H and O–H groups in total. The molecule has 1 heterocycles. The summed E-state index contributed by atoms with van der Waals surface area (Å²) in [6.45, 7) is 2.29. The van der Waals surface area contributed by atoms with E-state index in [-0.39, 0.29) is 23.2 Å². The van der Waals surface area contributed by atoms with Gasteiger partial charge in [-0.25, -0.2) is 0 Å². The van der Waals surface area contributed by atoms with Crippen molar-refractivity contribution < 1.29 is 19.0 Å². The van der Waals surface area contributed by atoms with E-state index in [0.29, 0.717) is 36.5 Å². The Morgan fingerprint density at radius 2 is 1.88 bits per heavy atom. The van der Waals surface area contributed by atoms with Crippen molar-refractivity contribution >= 4 is 12.2 Å². The van der Waals surface area contributed by atoms with Crippen LogP contribution in [0.25, 0.3) is 0 Å². The molecule has 4 rings (SSSR count). The Morgan fingerprint density at radius 1 is 1.12 bits per heavy atom. The highest BCUT2D eigenvalue weighted by molar-refractivity contribution is 6.00. The molecule has 0 spiro atoms. The van der Waals surface area contributed by atoms with E-state index >= 15 is 0 Å². The molecular weight excluding hydrogens is 404 g/mol. The molecule has 0 fully saturated rings. The van der Waals surface area contributed by atoms with Gasteiger partial charge in [0.1, 0.15) is 23.2 Å². The lowest BCUT2D eigenvalue weighted by Gasteiger charge is -2.34. The zero-order valence-corrected chi connectivity index (χ0v) is 18.1. The van der Waals surface area contributed by atoms with Gasteiger partial charge in [0.2, 0.25) is 5.88 Å². The van der Waals surface area contributed by atoms with E-state index in [4.69, 9.17) is 14.2 Å². The molecule has 6 heteroatoms. The molecule has 1 aliphatic carbocycles. The van der Waals surface area contributed by atoms with Crippen LogP contribution in [0.4, 0.5) is 0 Å². The summed E-state index contributed by atoms with van der Waals surface area (Å²) < 4.78 is 16.6. The number of allylic oxidation sites excluding steroid dienone is 3. The Bertz CT molecular complexity index is 1120. The Morgan fingerprint density at radius 3 is 2.53 bits per heavy atom. The normalized spacial score (nSPS) is 20.6. The molecule has 32 heavy (non-hydrogen) atoms. The summed E-state index contributed by atoms with van der Waals surface area (Å²) in [4.78, 5) is 17.7. The number of carbonyl (C=O) groups is 1. The topological polar surface area (TPSA) is 80.9 Å². The van der Waals surface area contributed by atoms with Crippen molar-refractivity contribution in [3.05, 3.63) is 88.5 Å². The molecule has 2 atom stereocenters. The minimum Gasteiger partial charge on any atom is -0.497 e. The maximum absolute atomic E-state index is 13.4. The lowest BCUT2D eigenvalue weighted by atomic mass is 9.73. The smallest absolute Gasteiger partial charge is 0.236 e. The second-order valence-corrected chi connectivity index (χ2v) is 7.60. The molecule has 2 aromatic carbocycles. The fraction of sp³-hybridized carbons (Fsp3) is 0.269. The number of rotatable bonds is 6. The van der Waals surface area contributed by atoms with E-state index in [1.165, 1.54) is 6.40 Å². The number of ether oxygens (including phenoxy) is 3. The van der Waals surface area contributed by atoms with Crippen LogP contribution in [0.2, 0.25) is 0 Å². The quantitative estimate of drug-likeness (QED) is 0.477. The Labute approximate surface area is 187 Å². The van der Waals surface area contributed by atoms with Crippen LogP contribution in [0.3, 0.4) is 0 Å². The second-order valence-electron chi connectivity index (χ2n) is 7.60. The van der Waals surface area contributed by atoms with Crippen molar-refractivity contribution in [2.75, 3.05) is 13.7 Å². The van der Waals surface area contributed by atoms with Crippen molar-refractivity contribution in [2.45, 2.75) is 31.6 Å². The number of nitriles is 1. The molecule has 1 aliphatic heterocycles. The van der Waals surface area contributed by atoms with Gasteiger partial charge < -0.3 is 14.2 Å². The standard InChI is InChI=1S/C26H24N2O4/c1-3-31-16-28-26-21(15-27)24(18-9-11-20(30-2)12-10-18)25-22(29)13-19(14-23(25)32-26)17-7-5-4-6-8-17/h4-12,16,19,24H,3,13-14H2,1-2H3/b28-16+. The minimum absolute atomic E-state index is 0.0125. The fourth-order valence-electron chi connectivity index (χ4n) is 4.21. The van der Waals surface area contributed by atoms with Crippen molar-refractivity contribution in [3.8, 4) is 11.8 Å². The van der Waals surface area contributed by atoms with Crippen LogP contribution in [0.1, 0.15) is 42.7 Å². The molecule has 0 bridgehead atoms. The van der Waals surface area contributed by atoms with E-state index in [0.717, 1.165) is 11.1 Å². The average Bonchev–Trinajstić information content (AvgIpc) is 2.84. The summed E-state index contributed by atoms with van der Waals surface area (Å²) in [5.41, 5.74) is 2.73. The van der Waals surface area contributed by atoms with Crippen molar-refractivity contribution in [1.29, 1.82) is 5.26 Å². The zero-order chi connectivity index (χ0) is 22.5. The van der Waals surface area contributed by atoms with Gasteiger partial charge in [0, 0.05) is 18.4 Å². The molecule has 162 valence electrons. The van der Waals surface area contributed by atoms with E-state index < -0.39 is 5.92 Å². The first kappa shape index (κ1) is 21.4. The van der Waals surface area contributed by atoms with Gasteiger partial charge in [-0.1, -0.05) is 42.5 Å². The van der Waals surface area contributed by atoms with Crippen LogP contribution in [-0.2, 0) is 14.3 Å². The minimum atomic E-state index is -0.548. The number of carbonyl (C=O) groups excluding carboxylic acids is 1. The summed E-state index contributed by atoms with van der Waals surface area (Å²) in [6, 6.07) is 19.6. The van der Waals surface area contributed by atoms with Crippen LogP contribution in [0.5, 0.6) is 5.75 Å². The summed E-state index contributed by atoms with van der Waals surface area (Å²) in [5.74, 6) is 0.890. The van der Waals surface area contributed by atoms with Gasteiger partial charge in [0.15, 0.2) is 12.2 Å². The summed E-state index contributed by atoms with van der Waals surface area (Å²) >= 11 is 0. The first-order valence-corrected chi connectivity index (χ1v) is 10.6. The van der Waals surface area contributed by atoms with E-state index in [9.17, 15) is 10.1 Å². The largest absolute Gasteiger partial charge is 0.497 e. The molecule has 6 nitrogen and oxygen atoms in total. The first-order chi connectivity index (χ1) is 15.7. The third-order valence-electron chi connectivity index (χ3n) is 5.74. The monoisotopic (exact) mass is 428 g/mol. The number of ketones is 1. The number of nitrogens with zero attached hydrogens (tertiary/aromatic N) is 2. The molecule has 0 amide bonds. The van der Waals surface area contributed by atoms with E-state index in [1.807, 2.05) is 61.5 Å². The molecule has 2 aliphatic rings. The summed E-state index contributed by atoms with van der Waals surface area (Å²) in [7, 11) is 1.60. The molecular formula is C26H24N2O4. The molecule has 0 saturated carbocycles. The lowest BCUT2D eigenvalue weighted by molar-refractivity contribution is -0.117. The molecule has 2 unspecified atom stereocenters. The van der Waals surface area contributed by atoms with Crippen LogP contribution < -0.4 is 4.74 Å². The lowest BCUT2D eigenvalue weighted by Crippen LogP contribution is -2.28. The van der Waals surface area contributed by atoms with Gasteiger partial charge >= 0.3 is 0 Å². The molecule has 0 saturated heterocycles. The van der Waals surface area contributed by atoms with Crippen LogP contribution in [0, 0.1) is 11.3 Å². The van der Waals surface area contributed by atoms with E-state index in [2.05, 4.69) is 11.1 Å². The number of Topliss-reactive ketones (excluding diaryl/α,β-unsaturated/α-hetero) is 1. The number of aliphatic imine (C=N–C) groups is 1. The fourth-order valence-corrected chi connectivity index (χ4v) is 4.21. The predicted molar refractivity (Wildman–Crippen MR) is 120 cm³/mol. The van der Waals surface area contributed by atoms with Crippen molar-refractivity contribution in [2.24, 2.45) is 4.99 Å². The maximum atomic E-state index is 13.4. The Hall–Kier alpha value is -3.85. The highest BCUT2D eigenvalue weighted by Crippen LogP contribution is 2.47. The highest BCUT2D eigenvalue weighted by atomic mass is 16.5. The molecule has 0 aromatic heterocycles. The van der Waals surface area contributed by atoms with Gasteiger partial charge in [-0.2, -0.15) is 10.3 Å². The van der Waals surface area contributed by atoms with Gasteiger partial charge in [0.25, 0.3) is 0 Å². The van der Waals surface area contributed by atoms with Gasteiger partial charge in [-0.3, -0.25) is 4.79 Å². The first-order valence-electron chi connectivity index (χ1n) is 10.6. The van der Waals surface area contributed by atoms with Crippen molar-refractivity contribution in [1.82, 2.24) is 0 Å². The van der Waals surface area contributed by atoms with E-state index in [1.54, 1.807) is 7.11 Å². The van der Waals surface area contributed by atoms with Crippen LogP contribution in [0.15, 0.2) is 82.4 Å². The second kappa shape index (κ2) is 9.52. The molecule has 2 aromatic rings. The Balaban J connectivity index is 1.80. The summed E-state index contributed by atoms with van der Waals surface area (Å²) in [6.07, 6.45) is 2.21. The predicted octanol–water partition coefficient (Wildman–Crippen LogP) is 5.01. The maximum Gasteiger partial charge on any atom is 0.236 e. The SMILES string of the molecule is CCO/C=N/C1=C(C#N)C(c2ccc(OC)cc2)C2=C(CC(c3ccccc3)CC2=O)O1. The highest BCUT2D eigenvalue weighted by Gasteiger charge is 2.41. The number of methoxy groups -OCH3 is 1. The van der Waals surface area contributed by atoms with Crippen molar-refractivity contribution in [3.63, 3.8) is 0 Å².